The zero-order chi connectivity index (χ0) is 14.1. The Morgan fingerprint density at radius 3 is 2.95 bits per heavy atom. The minimum atomic E-state index is 0.661. The smallest absolute Gasteiger partial charge is 0.104 e. The van der Waals surface area contributed by atoms with Gasteiger partial charge < -0.3 is 0 Å². The number of aromatic nitrogens is 1. The first-order chi connectivity index (χ1) is 9.70. The lowest BCUT2D eigenvalue weighted by molar-refractivity contribution is 0.557. The second-order valence-electron chi connectivity index (χ2n) is 4.89. The van der Waals surface area contributed by atoms with Crippen LogP contribution in [0.2, 0.25) is 0 Å². The minimum Gasteiger partial charge on any atom is -0.297 e. The van der Waals surface area contributed by atoms with Crippen LogP contribution in [0.15, 0.2) is 23.3 Å². The number of nitrogens with zero attached hydrogens (tertiary/aromatic N) is 4. The molecule has 0 atom stereocenters. The summed E-state index contributed by atoms with van der Waals surface area (Å²) < 4.78 is 0. The quantitative estimate of drug-likeness (QED) is 0.905. The molecule has 1 aliphatic rings. The van der Waals surface area contributed by atoms with E-state index in [9.17, 15) is 5.26 Å². The third-order valence-corrected chi connectivity index (χ3v) is 3.54. The van der Waals surface area contributed by atoms with Crippen molar-refractivity contribution in [1.82, 2.24) is 9.99 Å². The standard InChI is InChI=1S/C15H15N5/c1-10-7-13(19-20-6-5-17-9-20)11(2)14-12(8-16)3-4-18-15(10)14/h3-4,7,9,19H,5-6H2,1-2H3. The fraction of sp³-hybridized carbons (Fsp3) is 0.267. The summed E-state index contributed by atoms with van der Waals surface area (Å²) in [5, 5.41) is 12.2. The summed E-state index contributed by atoms with van der Waals surface area (Å²) in [4.78, 5) is 8.59. The van der Waals surface area contributed by atoms with Crippen LogP contribution in [-0.2, 0) is 0 Å². The van der Waals surface area contributed by atoms with Crippen molar-refractivity contribution in [2.45, 2.75) is 13.8 Å². The Balaban J connectivity index is 2.17. The molecule has 1 N–H and O–H groups in total. The first kappa shape index (κ1) is 12.4. The maximum Gasteiger partial charge on any atom is 0.104 e. The van der Waals surface area contributed by atoms with Crippen molar-refractivity contribution < 1.29 is 0 Å². The number of benzene rings is 1. The van der Waals surface area contributed by atoms with E-state index in [4.69, 9.17) is 0 Å². The SMILES string of the molecule is Cc1cc(NN2C=NCC2)c(C)c2c(C#N)ccnc12. The molecular formula is C15H15N5. The first-order valence-corrected chi connectivity index (χ1v) is 6.53. The molecule has 5 heteroatoms. The Kier molecular flexibility index (Phi) is 2.99. The molecule has 0 amide bonds. The predicted molar refractivity (Wildman–Crippen MR) is 79.6 cm³/mol. The molecule has 2 aromatic rings. The number of rotatable bonds is 2. The Bertz CT molecular complexity index is 742. The molecule has 1 aromatic heterocycles. The normalized spacial score (nSPS) is 13.8. The van der Waals surface area contributed by atoms with E-state index in [1.54, 1.807) is 18.6 Å². The summed E-state index contributed by atoms with van der Waals surface area (Å²) in [5.74, 6) is 0. The molecule has 1 aliphatic heterocycles. The van der Waals surface area contributed by atoms with Crippen LogP contribution in [0.3, 0.4) is 0 Å². The molecule has 2 heterocycles. The average Bonchev–Trinajstić information content (AvgIpc) is 2.96. The summed E-state index contributed by atoms with van der Waals surface area (Å²) in [5.41, 5.74) is 7.98. The van der Waals surface area contributed by atoms with Crippen molar-refractivity contribution in [3.05, 3.63) is 35.0 Å². The zero-order valence-electron chi connectivity index (χ0n) is 11.5. The lowest BCUT2D eigenvalue weighted by Crippen LogP contribution is -2.27. The summed E-state index contributed by atoms with van der Waals surface area (Å²) in [6, 6.07) is 6.08. The molecule has 0 unspecified atom stereocenters. The van der Waals surface area contributed by atoms with Gasteiger partial charge in [-0.3, -0.25) is 20.4 Å². The molecule has 5 nitrogen and oxygen atoms in total. The van der Waals surface area contributed by atoms with Gasteiger partial charge in [0.2, 0.25) is 0 Å². The second kappa shape index (κ2) is 4.82. The Morgan fingerprint density at radius 1 is 1.40 bits per heavy atom. The lowest BCUT2D eigenvalue weighted by Gasteiger charge is -2.20. The van der Waals surface area contributed by atoms with Crippen LogP contribution in [0.4, 0.5) is 5.69 Å². The van der Waals surface area contributed by atoms with E-state index in [1.165, 1.54) is 0 Å². The topological polar surface area (TPSA) is 64.3 Å². The number of hydrogen-bond acceptors (Lipinski definition) is 5. The van der Waals surface area contributed by atoms with E-state index in [1.807, 2.05) is 18.9 Å². The highest BCUT2D eigenvalue weighted by Gasteiger charge is 2.13. The maximum atomic E-state index is 9.30. The van der Waals surface area contributed by atoms with Gasteiger partial charge in [0, 0.05) is 11.6 Å². The molecule has 1 aromatic carbocycles. The van der Waals surface area contributed by atoms with Crippen LogP contribution in [0.5, 0.6) is 0 Å². The van der Waals surface area contributed by atoms with Gasteiger partial charge in [0.05, 0.1) is 35.9 Å². The fourth-order valence-corrected chi connectivity index (χ4v) is 2.50. The molecule has 0 aliphatic carbocycles. The van der Waals surface area contributed by atoms with E-state index in [0.29, 0.717) is 5.56 Å². The molecule has 0 radical (unpaired) electrons. The van der Waals surface area contributed by atoms with Crippen LogP contribution in [0, 0.1) is 25.2 Å². The number of nitrogens with one attached hydrogen (secondary N) is 1. The highest BCUT2D eigenvalue weighted by Crippen LogP contribution is 2.30. The monoisotopic (exact) mass is 265 g/mol. The third-order valence-electron chi connectivity index (χ3n) is 3.54. The summed E-state index contributed by atoms with van der Waals surface area (Å²) >= 11 is 0. The predicted octanol–water partition coefficient (Wildman–Crippen LogP) is 2.39. The highest BCUT2D eigenvalue weighted by molar-refractivity contribution is 5.94. The van der Waals surface area contributed by atoms with E-state index < -0.39 is 0 Å². The fourth-order valence-electron chi connectivity index (χ4n) is 2.50. The van der Waals surface area contributed by atoms with Crippen molar-refractivity contribution in [1.29, 1.82) is 5.26 Å². The number of hydrogen-bond donors (Lipinski definition) is 1. The average molecular weight is 265 g/mol. The molecule has 0 saturated carbocycles. The van der Waals surface area contributed by atoms with Gasteiger partial charge in [-0.25, -0.2) is 0 Å². The number of nitriles is 1. The first-order valence-electron chi connectivity index (χ1n) is 6.53. The number of fused-ring (bicyclic) bond motifs is 1. The van der Waals surface area contributed by atoms with Crippen LogP contribution >= 0.6 is 0 Å². The largest absolute Gasteiger partial charge is 0.297 e. The third kappa shape index (κ3) is 1.95. The van der Waals surface area contributed by atoms with Crippen molar-refractivity contribution in [2.75, 3.05) is 18.5 Å². The van der Waals surface area contributed by atoms with Gasteiger partial charge in [0.15, 0.2) is 0 Å². The van der Waals surface area contributed by atoms with E-state index in [0.717, 1.165) is 40.8 Å². The van der Waals surface area contributed by atoms with Gasteiger partial charge in [0.25, 0.3) is 0 Å². The number of pyridine rings is 1. The van der Waals surface area contributed by atoms with Gasteiger partial charge in [-0.2, -0.15) is 5.26 Å². The van der Waals surface area contributed by atoms with Gasteiger partial charge >= 0.3 is 0 Å². The van der Waals surface area contributed by atoms with Gasteiger partial charge in [0.1, 0.15) is 6.34 Å². The van der Waals surface area contributed by atoms with E-state index in [2.05, 4.69) is 27.5 Å². The molecule has 0 spiro atoms. The zero-order valence-corrected chi connectivity index (χ0v) is 11.5. The number of anilines is 1. The van der Waals surface area contributed by atoms with Crippen LogP contribution in [0.25, 0.3) is 10.9 Å². The van der Waals surface area contributed by atoms with E-state index >= 15 is 0 Å². The van der Waals surface area contributed by atoms with E-state index in [-0.39, 0.29) is 0 Å². The number of aryl methyl sites for hydroxylation is 2. The van der Waals surface area contributed by atoms with Crippen molar-refractivity contribution in [3.63, 3.8) is 0 Å². The molecule has 0 saturated heterocycles. The summed E-state index contributed by atoms with van der Waals surface area (Å²) in [6.45, 7) is 5.69. The molecule has 3 rings (SSSR count). The van der Waals surface area contributed by atoms with Crippen molar-refractivity contribution >= 4 is 22.9 Å². The van der Waals surface area contributed by atoms with Crippen molar-refractivity contribution in [2.24, 2.45) is 4.99 Å². The number of aliphatic imine (C=N–C) groups is 1. The molecule has 0 fully saturated rings. The summed E-state index contributed by atoms with van der Waals surface area (Å²) in [6.07, 6.45) is 3.49. The molecular weight excluding hydrogens is 250 g/mol. The molecule has 100 valence electrons. The van der Waals surface area contributed by atoms with Gasteiger partial charge in [-0.15, -0.1) is 0 Å². The van der Waals surface area contributed by atoms with Crippen LogP contribution in [-0.4, -0.2) is 29.4 Å². The second-order valence-corrected chi connectivity index (χ2v) is 4.89. The summed E-state index contributed by atoms with van der Waals surface area (Å²) in [7, 11) is 0. The Hall–Kier alpha value is -2.61. The number of hydrazine groups is 1. The minimum absolute atomic E-state index is 0.661. The molecule has 0 bridgehead atoms. The van der Waals surface area contributed by atoms with Crippen LogP contribution < -0.4 is 5.43 Å². The van der Waals surface area contributed by atoms with Crippen molar-refractivity contribution in [3.8, 4) is 6.07 Å². The van der Waals surface area contributed by atoms with Gasteiger partial charge in [-0.1, -0.05) is 0 Å². The molecule has 20 heavy (non-hydrogen) atoms. The highest BCUT2D eigenvalue weighted by atomic mass is 15.5. The Labute approximate surface area is 117 Å². The Morgan fingerprint density at radius 2 is 2.25 bits per heavy atom. The maximum absolute atomic E-state index is 9.30. The van der Waals surface area contributed by atoms with Gasteiger partial charge in [-0.05, 0) is 37.1 Å². The van der Waals surface area contributed by atoms with Crippen LogP contribution in [0.1, 0.15) is 16.7 Å². The lowest BCUT2D eigenvalue weighted by atomic mass is 10.00.